The molecule has 1 aromatic carbocycles. The topological polar surface area (TPSA) is 84.3 Å². The van der Waals surface area contributed by atoms with Crippen molar-refractivity contribution in [2.75, 3.05) is 11.9 Å². The molecule has 3 heterocycles. The van der Waals surface area contributed by atoms with Crippen LogP contribution in [-0.4, -0.2) is 38.9 Å². The monoisotopic (exact) mass is 458 g/mol. The maximum absolute atomic E-state index is 13.1. The molecule has 7 nitrogen and oxygen atoms in total. The third-order valence-corrected chi connectivity index (χ3v) is 7.07. The lowest BCUT2D eigenvalue weighted by atomic mass is 10.0. The molecule has 0 saturated carbocycles. The fourth-order valence-corrected chi connectivity index (χ4v) is 5.17. The number of aryl methyl sites for hydroxylation is 1. The molecule has 1 aliphatic heterocycles. The van der Waals surface area contributed by atoms with Crippen LogP contribution in [-0.2, 0) is 11.3 Å². The van der Waals surface area contributed by atoms with Crippen molar-refractivity contribution in [1.29, 1.82) is 0 Å². The second-order valence-electron chi connectivity index (χ2n) is 7.81. The van der Waals surface area contributed by atoms with Gasteiger partial charge in [-0.05, 0) is 56.9 Å². The number of halogens is 1. The van der Waals surface area contributed by atoms with Gasteiger partial charge in [-0.2, -0.15) is 0 Å². The number of amides is 2. The fraction of sp³-hybridized carbons (Fsp3) is 0.364. The number of hydrogen-bond donors (Lipinski definition) is 1. The van der Waals surface area contributed by atoms with Gasteiger partial charge in [0, 0.05) is 23.3 Å². The van der Waals surface area contributed by atoms with Gasteiger partial charge in [0.2, 0.25) is 5.91 Å². The molecular formula is C22H23ClN4O3S. The highest BCUT2D eigenvalue weighted by molar-refractivity contribution is 7.20. The summed E-state index contributed by atoms with van der Waals surface area (Å²) >= 11 is 7.14. The summed E-state index contributed by atoms with van der Waals surface area (Å²) in [7, 11) is 0. The van der Waals surface area contributed by atoms with Gasteiger partial charge in [0.15, 0.2) is 0 Å². The van der Waals surface area contributed by atoms with Gasteiger partial charge >= 0.3 is 0 Å². The molecule has 0 aliphatic carbocycles. The summed E-state index contributed by atoms with van der Waals surface area (Å²) in [6, 6.07) is 7.04. The van der Waals surface area contributed by atoms with Crippen molar-refractivity contribution in [3.8, 4) is 0 Å². The molecule has 1 fully saturated rings. The van der Waals surface area contributed by atoms with Crippen LogP contribution in [0.15, 0.2) is 35.4 Å². The number of piperidine rings is 1. The second kappa shape index (κ2) is 8.80. The van der Waals surface area contributed by atoms with Crippen LogP contribution in [0.2, 0.25) is 5.02 Å². The maximum Gasteiger partial charge on any atom is 0.266 e. The van der Waals surface area contributed by atoms with Crippen molar-refractivity contribution in [3.63, 3.8) is 0 Å². The van der Waals surface area contributed by atoms with E-state index in [9.17, 15) is 14.4 Å². The number of nitrogens with one attached hydrogen (secondary N) is 1. The van der Waals surface area contributed by atoms with Crippen LogP contribution < -0.4 is 10.9 Å². The molecule has 1 aliphatic rings. The number of nitrogens with zero attached hydrogens (tertiary/aromatic N) is 3. The van der Waals surface area contributed by atoms with E-state index >= 15 is 0 Å². The Balaban J connectivity index is 1.61. The third-order valence-electron chi connectivity index (χ3n) is 5.63. The molecule has 0 bridgehead atoms. The Bertz CT molecular complexity index is 1220. The first-order valence-corrected chi connectivity index (χ1v) is 11.4. The maximum atomic E-state index is 13.1. The van der Waals surface area contributed by atoms with E-state index < -0.39 is 0 Å². The van der Waals surface area contributed by atoms with Gasteiger partial charge in [0.05, 0.1) is 16.6 Å². The van der Waals surface area contributed by atoms with E-state index in [-0.39, 0.29) is 30.0 Å². The van der Waals surface area contributed by atoms with Crippen molar-refractivity contribution in [1.82, 2.24) is 14.5 Å². The molecular weight excluding hydrogens is 436 g/mol. The van der Waals surface area contributed by atoms with E-state index in [0.717, 1.165) is 37.1 Å². The second-order valence-corrected chi connectivity index (χ2v) is 9.25. The molecule has 0 spiro atoms. The fourth-order valence-electron chi connectivity index (χ4n) is 3.95. The van der Waals surface area contributed by atoms with Crippen molar-refractivity contribution < 1.29 is 9.59 Å². The van der Waals surface area contributed by atoms with Gasteiger partial charge in [-0.1, -0.05) is 17.7 Å². The summed E-state index contributed by atoms with van der Waals surface area (Å²) in [4.78, 5) is 45.7. The highest BCUT2D eigenvalue weighted by Gasteiger charge is 2.25. The molecule has 162 valence electrons. The number of rotatable bonds is 4. The normalized spacial score (nSPS) is 16.5. The van der Waals surface area contributed by atoms with E-state index in [2.05, 4.69) is 10.3 Å². The molecule has 1 saturated heterocycles. The molecule has 0 radical (unpaired) electrons. The van der Waals surface area contributed by atoms with E-state index in [4.69, 9.17) is 11.6 Å². The van der Waals surface area contributed by atoms with E-state index in [1.165, 1.54) is 10.9 Å². The zero-order chi connectivity index (χ0) is 22.1. The average molecular weight is 459 g/mol. The number of carbonyl (C=O) groups excluding carboxylic acids is 2. The lowest BCUT2D eigenvalue weighted by Crippen LogP contribution is -2.44. The van der Waals surface area contributed by atoms with Crippen molar-refractivity contribution in [2.24, 2.45) is 0 Å². The Morgan fingerprint density at radius 3 is 2.87 bits per heavy atom. The Labute approximate surface area is 188 Å². The molecule has 31 heavy (non-hydrogen) atoms. The molecule has 2 amide bonds. The third kappa shape index (κ3) is 4.36. The number of benzene rings is 1. The molecule has 1 N–H and O–H groups in total. The molecule has 2 aromatic heterocycles. The quantitative estimate of drug-likeness (QED) is 0.638. The minimum Gasteiger partial charge on any atom is -0.338 e. The lowest BCUT2D eigenvalue weighted by Gasteiger charge is -2.33. The predicted octanol–water partition coefficient (Wildman–Crippen LogP) is 4.07. The summed E-state index contributed by atoms with van der Waals surface area (Å²) in [5.41, 5.74) is 0.824. The van der Waals surface area contributed by atoms with Crippen molar-refractivity contribution in [2.45, 2.75) is 45.7 Å². The van der Waals surface area contributed by atoms with Gasteiger partial charge in [-0.3, -0.25) is 19.0 Å². The average Bonchev–Trinajstić information content (AvgIpc) is 3.07. The Morgan fingerprint density at radius 1 is 1.32 bits per heavy atom. The summed E-state index contributed by atoms with van der Waals surface area (Å²) in [5.74, 6) is -0.408. The Morgan fingerprint density at radius 2 is 2.13 bits per heavy atom. The number of anilines is 1. The molecule has 1 unspecified atom stereocenters. The number of fused-ring (bicyclic) bond motifs is 1. The van der Waals surface area contributed by atoms with E-state index in [0.29, 0.717) is 31.4 Å². The van der Waals surface area contributed by atoms with Gasteiger partial charge in [-0.25, -0.2) is 4.98 Å². The van der Waals surface area contributed by atoms with Crippen LogP contribution in [0.4, 0.5) is 5.69 Å². The van der Waals surface area contributed by atoms with Crippen molar-refractivity contribution >= 4 is 50.7 Å². The minimum absolute atomic E-state index is 0.0502. The van der Waals surface area contributed by atoms with Crippen LogP contribution >= 0.6 is 22.9 Å². The number of thiophene rings is 1. The van der Waals surface area contributed by atoms with Crippen LogP contribution in [0.1, 0.15) is 41.4 Å². The highest BCUT2D eigenvalue weighted by Crippen LogP contribution is 2.28. The highest BCUT2D eigenvalue weighted by atomic mass is 35.5. The summed E-state index contributed by atoms with van der Waals surface area (Å²) in [6.07, 6.45) is 4.47. The summed E-state index contributed by atoms with van der Waals surface area (Å²) in [6.45, 7) is 4.43. The molecule has 1 atom stereocenters. The zero-order valence-corrected chi connectivity index (χ0v) is 18.9. The molecule has 9 heteroatoms. The van der Waals surface area contributed by atoms with Gasteiger partial charge in [0.25, 0.3) is 11.5 Å². The Hall–Kier alpha value is -2.71. The summed E-state index contributed by atoms with van der Waals surface area (Å²) < 4.78 is 1.34. The smallest absolute Gasteiger partial charge is 0.266 e. The minimum atomic E-state index is -0.327. The molecule has 3 aromatic rings. The van der Waals surface area contributed by atoms with Crippen LogP contribution in [0.25, 0.3) is 10.2 Å². The van der Waals surface area contributed by atoms with E-state index in [1.54, 1.807) is 31.2 Å². The van der Waals surface area contributed by atoms with E-state index in [1.807, 2.05) is 11.8 Å². The van der Waals surface area contributed by atoms with Crippen LogP contribution in [0.3, 0.4) is 0 Å². The molecule has 4 rings (SSSR count). The predicted molar refractivity (Wildman–Crippen MR) is 123 cm³/mol. The zero-order valence-electron chi connectivity index (χ0n) is 17.4. The first kappa shape index (κ1) is 21.5. The first-order chi connectivity index (χ1) is 14.8. The van der Waals surface area contributed by atoms with Gasteiger partial charge < -0.3 is 10.2 Å². The van der Waals surface area contributed by atoms with Crippen LogP contribution in [0, 0.1) is 6.92 Å². The number of carbonyl (C=O) groups is 2. The Kier molecular flexibility index (Phi) is 6.11. The van der Waals surface area contributed by atoms with Crippen molar-refractivity contribution in [3.05, 3.63) is 56.4 Å². The number of aromatic nitrogens is 2. The summed E-state index contributed by atoms with van der Waals surface area (Å²) in [5, 5.41) is 3.70. The standard InChI is InChI=1S/C22H23ClN4O3S/c1-13-6-3-4-9-27(13)17(28)11-26-12-24-21-18(22(26)30)14(2)19(31-21)20(29)25-16-8-5-7-15(23)10-16/h5,7-8,10,12-13H,3-4,6,9,11H2,1-2H3,(H,25,29). The van der Waals surface area contributed by atoms with Crippen LogP contribution in [0.5, 0.6) is 0 Å². The SMILES string of the molecule is Cc1c(C(=O)Nc2cccc(Cl)c2)sc2ncn(CC(=O)N3CCCCC3C)c(=O)c12. The number of likely N-dealkylation sites (tertiary alicyclic amines) is 1. The van der Waals surface area contributed by atoms with Gasteiger partial charge in [0.1, 0.15) is 11.4 Å². The lowest BCUT2D eigenvalue weighted by molar-refractivity contribution is -0.135. The van der Waals surface area contributed by atoms with Gasteiger partial charge in [-0.15, -0.1) is 11.3 Å². The first-order valence-electron chi connectivity index (χ1n) is 10.2. The number of hydrogen-bond acceptors (Lipinski definition) is 5. The largest absolute Gasteiger partial charge is 0.338 e.